The van der Waals surface area contributed by atoms with Crippen LogP contribution in [0.15, 0.2) is 27.7 Å². The molecule has 0 radical (unpaired) electrons. The molecule has 34 heavy (non-hydrogen) atoms. The van der Waals surface area contributed by atoms with Crippen LogP contribution in [0.3, 0.4) is 0 Å². The molecule has 2 amide bonds. The number of aromatic nitrogens is 3. The molecule has 2 rings (SSSR count). The number of hydrogen-bond acceptors (Lipinski definition) is 11. The summed E-state index contributed by atoms with van der Waals surface area (Å²) in [5, 5.41) is 2.13. The minimum atomic E-state index is -4.68. The van der Waals surface area contributed by atoms with E-state index in [2.05, 4.69) is 40.9 Å². The van der Waals surface area contributed by atoms with Gasteiger partial charge in [0.15, 0.2) is 6.10 Å². The molecule has 2 aromatic rings. The van der Waals surface area contributed by atoms with E-state index < -0.39 is 51.5 Å². The Hall–Kier alpha value is -3.11. The monoisotopic (exact) mass is 565 g/mol. The Balaban J connectivity index is 2.37. The van der Waals surface area contributed by atoms with Crippen molar-refractivity contribution in [1.82, 2.24) is 19.7 Å². The Morgan fingerprint density at radius 2 is 1.79 bits per heavy atom. The first kappa shape index (κ1) is 27.1. The van der Waals surface area contributed by atoms with Gasteiger partial charge in [-0.05, 0) is 28.9 Å². The van der Waals surface area contributed by atoms with Gasteiger partial charge in [0, 0.05) is 17.8 Å². The highest BCUT2D eigenvalue weighted by atomic mass is 79.9. The number of esters is 1. The number of nitrogens with one attached hydrogen (secondary N) is 2. The highest BCUT2D eigenvalue weighted by molar-refractivity contribution is 9.10. The van der Waals surface area contributed by atoms with Crippen molar-refractivity contribution in [1.29, 1.82) is 0 Å². The number of carbonyl (C=O) groups excluding carboxylic acids is 2. The maximum atomic E-state index is 14.3. The van der Waals surface area contributed by atoms with Crippen LogP contribution < -0.4 is 19.5 Å². The summed E-state index contributed by atoms with van der Waals surface area (Å²) < 4.78 is 61.7. The number of amides is 2. The van der Waals surface area contributed by atoms with Crippen molar-refractivity contribution in [2.45, 2.75) is 24.1 Å². The number of halogens is 2. The zero-order valence-electron chi connectivity index (χ0n) is 18.4. The number of sulfonamides is 1. The Labute approximate surface area is 202 Å². The lowest BCUT2D eigenvalue weighted by Crippen LogP contribution is -2.36. The van der Waals surface area contributed by atoms with E-state index in [9.17, 15) is 22.4 Å². The van der Waals surface area contributed by atoms with Crippen molar-refractivity contribution in [2.24, 2.45) is 0 Å². The van der Waals surface area contributed by atoms with E-state index in [0.717, 1.165) is 6.92 Å². The van der Waals surface area contributed by atoms with Gasteiger partial charge < -0.3 is 18.9 Å². The predicted molar refractivity (Wildman–Crippen MR) is 118 cm³/mol. The van der Waals surface area contributed by atoms with Crippen LogP contribution in [0.25, 0.3) is 0 Å². The normalized spacial score (nSPS) is 12.9. The smallest absolute Gasteiger partial charge is 0.335 e. The van der Waals surface area contributed by atoms with Gasteiger partial charge in [0.05, 0.1) is 20.3 Å². The largest absolute Gasteiger partial charge is 0.481 e. The average molecular weight is 566 g/mol. The first-order valence-corrected chi connectivity index (χ1v) is 11.6. The number of anilines is 1. The summed E-state index contributed by atoms with van der Waals surface area (Å²) in [6, 6.07) is 1.34. The Morgan fingerprint density at radius 1 is 1.18 bits per heavy atom. The van der Waals surface area contributed by atoms with E-state index >= 15 is 0 Å². The Kier molecular flexibility index (Phi) is 9.46. The zero-order valence-corrected chi connectivity index (χ0v) is 20.8. The number of hydrogen-bond donors (Lipinski definition) is 2. The third-order valence-corrected chi connectivity index (χ3v) is 6.25. The molecule has 186 valence electrons. The quantitative estimate of drug-likeness (QED) is 0.402. The summed E-state index contributed by atoms with van der Waals surface area (Å²) in [5.41, 5.74) is -0.451. The lowest BCUT2D eigenvalue weighted by molar-refractivity contribution is -0.157. The van der Waals surface area contributed by atoms with Crippen molar-refractivity contribution in [2.75, 3.05) is 33.3 Å². The van der Waals surface area contributed by atoms with Crippen molar-refractivity contribution in [3.05, 3.63) is 28.5 Å². The first-order valence-electron chi connectivity index (χ1n) is 9.30. The third kappa shape index (κ3) is 6.94. The second-order valence-corrected chi connectivity index (χ2v) is 8.84. The summed E-state index contributed by atoms with van der Waals surface area (Å²) in [4.78, 5) is 35.2. The lowest BCUT2D eigenvalue weighted by Gasteiger charge is -2.21. The molecular weight excluding hydrogens is 545 g/mol. The van der Waals surface area contributed by atoms with E-state index in [4.69, 9.17) is 14.2 Å². The number of rotatable bonds is 10. The van der Waals surface area contributed by atoms with Gasteiger partial charge in [-0.1, -0.05) is 0 Å². The van der Waals surface area contributed by atoms with E-state index in [1.165, 1.54) is 39.7 Å². The summed E-state index contributed by atoms with van der Waals surface area (Å²) in [6.45, 7) is 0.557. The molecular formula is C18H21BrFN5O8S. The van der Waals surface area contributed by atoms with Crippen molar-refractivity contribution in [3.63, 3.8) is 0 Å². The van der Waals surface area contributed by atoms with Crippen molar-refractivity contribution < 1.29 is 41.3 Å². The van der Waals surface area contributed by atoms with Gasteiger partial charge in [0.1, 0.15) is 23.4 Å². The fourth-order valence-corrected chi connectivity index (χ4v) is 4.66. The van der Waals surface area contributed by atoms with E-state index in [-0.39, 0.29) is 22.2 Å². The fraction of sp³-hybridized carbons (Fsp3) is 0.389. The maximum absolute atomic E-state index is 14.3. The van der Waals surface area contributed by atoms with Crippen LogP contribution in [-0.4, -0.2) is 69.5 Å². The van der Waals surface area contributed by atoms with Crippen LogP contribution in [0.2, 0.25) is 0 Å². The third-order valence-electron chi connectivity index (χ3n) is 3.91. The molecule has 2 aromatic heterocycles. The lowest BCUT2D eigenvalue weighted by atomic mass is 10.1. The van der Waals surface area contributed by atoms with E-state index in [1.807, 2.05) is 0 Å². The summed E-state index contributed by atoms with van der Waals surface area (Å²) in [6.07, 6.45) is -2.39. The number of alkyl halides is 1. The summed E-state index contributed by atoms with van der Waals surface area (Å²) in [7, 11) is -0.811. The minimum Gasteiger partial charge on any atom is -0.481 e. The van der Waals surface area contributed by atoms with E-state index in [0.29, 0.717) is 0 Å². The molecule has 0 aliphatic carbocycles. The SMILES string of the molecule is COCC(=O)O[C@H](c1nccc(Br)c1S(=O)(=O)NC(=O)Nc1nc(OC)cc(OC)n1)[C@H](C)F. The predicted octanol–water partition coefficient (Wildman–Crippen LogP) is 1.75. The number of urea groups is 1. The van der Waals surface area contributed by atoms with Crippen LogP contribution in [-0.2, 0) is 24.3 Å². The molecule has 2 heterocycles. The molecule has 0 aliphatic rings. The Bertz CT molecular complexity index is 1130. The Morgan fingerprint density at radius 3 is 2.32 bits per heavy atom. The number of carbonyl (C=O) groups is 2. The van der Waals surface area contributed by atoms with Gasteiger partial charge in [-0.25, -0.2) is 27.1 Å². The fourth-order valence-electron chi connectivity index (χ4n) is 2.54. The molecule has 0 aliphatic heterocycles. The highest BCUT2D eigenvalue weighted by Gasteiger charge is 2.34. The molecule has 0 saturated heterocycles. The number of methoxy groups -OCH3 is 3. The van der Waals surface area contributed by atoms with Crippen LogP contribution in [0, 0.1) is 0 Å². The standard InChI is InChI=1S/C18H21BrFN5O8S/c1-9(20)15(33-13(26)8-30-2)14-16(10(19)5-6-21-14)34(28,29)25-18(27)24-17-22-11(31-3)7-12(23-17)32-4/h5-7,9,15H,8H2,1-4H3,(H2,22,23,24,25,27)/t9-,15-/m0/s1. The van der Waals surface area contributed by atoms with Gasteiger partial charge in [-0.2, -0.15) is 9.97 Å². The molecule has 0 aromatic carbocycles. The zero-order chi connectivity index (χ0) is 25.5. The topological polar surface area (TPSA) is 168 Å². The van der Waals surface area contributed by atoms with Crippen LogP contribution >= 0.6 is 15.9 Å². The highest BCUT2D eigenvalue weighted by Crippen LogP contribution is 2.32. The molecule has 2 atom stereocenters. The first-order chi connectivity index (χ1) is 16.0. The molecule has 13 nitrogen and oxygen atoms in total. The molecule has 0 unspecified atom stereocenters. The van der Waals surface area contributed by atoms with Gasteiger partial charge >= 0.3 is 12.0 Å². The van der Waals surface area contributed by atoms with Crippen LogP contribution in [0.4, 0.5) is 15.1 Å². The molecule has 0 bridgehead atoms. The minimum absolute atomic E-state index is 0.0416. The number of ether oxygens (including phenoxy) is 4. The molecule has 2 N–H and O–H groups in total. The maximum Gasteiger partial charge on any atom is 0.335 e. The molecule has 0 saturated carbocycles. The second kappa shape index (κ2) is 11.8. The van der Waals surface area contributed by atoms with Crippen molar-refractivity contribution in [3.8, 4) is 11.8 Å². The average Bonchev–Trinajstić information content (AvgIpc) is 2.76. The van der Waals surface area contributed by atoms with Crippen LogP contribution in [0.1, 0.15) is 18.7 Å². The van der Waals surface area contributed by atoms with Crippen molar-refractivity contribution >= 4 is 43.9 Å². The van der Waals surface area contributed by atoms with E-state index in [1.54, 1.807) is 4.72 Å². The number of pyridine rings is 1. The number of nitrogens with zero attached hydrogens (tertiary/aromatic N) is 3. The van der Waals surface area contributed by atoms with Gasteiger partial charge in [-0.3, -0.25) is 10.3 Å². The van der Waals surface area contributed by atoms with Gasteiger partial charge in [0.2, 0.25) is 17.7 Å². The summed E-state index contributed by atoms with van der Waals surface area (Å²) in [5.74, 6) is -1.19. The van der Waals surface area contributed by atoms with Gasteiger partial charge in [0.25, 0.3) is 10.0 Å². The van der Waals surface area contributed by atoms with Gasteiger partial charge in [-0.15, -0.1) is 0 Å². The van der Waals surface area contributed by atoms with Crippen LogP contribution in [0.5, 0.6) is 11.8 Å². The second-order valence-electron chi connectivity index (χ2n) is 6.36. The molecule has 16 heteroatoms. The molecule has 0 spiro atoms. The summed E-state index contributed by atoms with van der Waals surface area (Å²) >= 11 is 3.06. The molecule has 0 fully saturated rings.